The van der Waals surface area contributed by atoms with Gasteiger partial charge in [0.15, 0.2) is 24.7 Å². The molecule has 3 aliphatic heterocycles. The number of carbonyl (C=O) groups excluding carboxylic acids is 6. The highest BCUT2D eigenvalue weighted by atomic mass is 16.7. The van der Waals surface area contributed by atoms with Crippen LogP contribution in [0.1, 0.15) is 184 Å². The molecule has 0 spiro atoms. The fraction of sp³-hybridized carbons (Fsp3) is 0.906. The predicted octanol–water partition coefficient (Wildman–Crippen LogP) is 1.53. The first-order chi connectivity index (χ1) is 43.0. The van der Waals surface area contributed by atoms with Gasteiger partial charge in [-0.3, -0.25) is 28.8 Å². The van der Waals surface area contributed by atoms with E-state index in [1.807, 2.05) is 0 Å². The Balaban J connectivity index is 0.00000802. The highest BCUT2D eigenvalue weighted by Crippen LogP contribution is 2.30. The van der Waals surface area contributed by atoms with Crippen molar-refractivity contribution in [3.05, 3.63) is 0 Å². The summed E-state index contributed by atoms with van der Waals surface area (Å²) in [5.41, 5.74) is 0. The van der Waals surface area contributed by atoms with E-state index in [0.29, 0.717) is 136 Å². The van der Waals surface area contributed by atoms with E-state index in [2.05, 4.69) is 47.4 Å². The minimum Gasteiger partial charge on any atom is -0.394 e. The summed E-state index contributed by atoms with van der Waals surface area (Å²) in [5, 5.41) is 104. The normalized spacial score (nSPS) is 27.1. The van der Waals surface area contributed by atoms with Gasteiger partial charge in [0.2, 0.25) is 29.5 Å². The summed E-state index contributed by atoms with van der Waals surface area (Å²) in [5.74, 6) is -3.10. The van der Waals surface area contributed by atoms with Crippen molar-refractivity contribution in [2.45, 2.75) is 264 Å². The van der Waals surface area contributed by atoms with Crippen molar-refractivity contribution >= 4 is 35.3 Å². The number of nitrogens with one attached hydrogen (secondary N) is 5. The van der Waals surface area contributed by atoms with Crippen LogP contribution >= 0.6 is 0 Å². The maximum Gasteiger partial charge on any atom is 0.223 e. The van der Waals surface area contributed by atoms with Crippen molar-refractivity contribution in [2.24, 2.45) is 29.6 Å². The molecule has 27 heteroatoms. The third kappa shape index (κ3) is 34.6. The zero-order chi connectivity index (χ0) is 67.0. The van der Waals surface area contributed by atoms with E-state index < -0.39 is 129 Å². The molecule has 5 amide bonds. The Kier molecular flexibility index (Phi) is 46.8. The van der Waals surface area contributed by atoms with Gasteiger partial charge >= 0.3 is 0 Å². The molecule has 0 aromatic heterocycles. The standard InChI is InChI=1S/C59H107N5O22.C4H10.CH4/c1-37-50(73)53(76)43(34-65)84-57(37)81-30-15-9-22-47(70)60-25-13-7-19-40(56(79)63-27-12-5-6-21-46(69)62-28-18-29-80-4)33-42(68)41(64-49(72)24-11-17-32-83-59-39(3)52(75)55(78)45(36-67)86-59)20-8-14-26-61-48(71)23-10-16-31-82-58-38(2)51(74)54(77)44(35-66)85-58;1-4(2)3;/h37-41,43-45,50-55,57-59,65-67,73-78H,5-36H2,1-4H3,(H,60,70)(H,61,71)(H,62,69)(H,63,79)(H,64,72);4H,1-3H3;1H4/t37?,38?,39?,40?,41?,43?,44?,45?,50-,51-,52-,53+,54+,55+,57-,58-,59-;;/m1../s1. The molecule has 0 aromatic rings. The van der Waals surface area contributed by atoms with Crippen LogP contribution in [-0.2, 0) is 61.9 Å². The predicted molar refractivity (Wildman–Crippen MR) is 337 cm³/mol. The summed E-state index contributed by atoms with van der Waals surface area (Å²) < 4.78 is 39.2. The van der Waals surface area contributed by atoms with Crippen molar-refractivity contribution in [1.29, 1.82) is 0 Å². The third-order valence-electron chi connectivity index (χ3n) is 16.1. The van der Waals surface area contributed by atoms with Gasteiger partial charge in [0.1, 0.15) is 36.6 Å². The third-order valence-corrected chi connectivity index (χ3v) is 16.1. The lowest BCUT2D eigenvalue weighted by Crippen LogP contribution is -2.55. The number of ether oxygens (including phenoxy) is 7. The number of amides is 5. The van der Waals surface area contributed by atoms with Crippen LogP contribution in [0.15, 0.2) is 0 Å². The van der Waals surface area contributed by atoms with Gasteiger partial charge in [-0.1, -0.05) is 61.8 Å². The van der Waals surface area contributed by atoms with Crippen molar-refractivity contribution in [3.63, 3.8) is 0 Å². The molecular formula is C64H121N5O22. The average Bonchev–Trinajstić information content (AvgIpc) is 0.988. The number of unbranched alkanes of at least 4 members (excludes halogenated alkanes) is 7. The second kappa shape index (κ2) is 49.9. The summed E-state index contributed by atoms with van der Waals surface area (Å²) in [7, 11) is 1.60. The Morgan fingerprint density at radius 3 is 1.15 bits per heavy atom. The van der Waals surface area contributed by atoms with Crippen LogP contribution in [0.3, 0.4) is 0 Å². The van der Waals surface area contributed by atoms with Gasteiger partial charge in [-0.05, 0) is 95.8 Å². The number of carbonyl (C=O) groups is 6. The van der Waals surface area contributed by atoms with Crippen molar-refractivity contribution in [1.82, 2.24) is 26.6 Å². The molecule has 0 bridgehead atoms. The highest BCUT2D eigenvalue weighted by Gasteiger charge is 2.45. The minimum absolute atomic E-state index is 0. The van der Waals surface area contributed by atoms with E-state index in [-0.39, 0.29) is 88.8 Å². The maximum atomic E-state index is 14.3. The molecule has 91 heavy (non-hydrogen) atoms. The Morgan fingerprint density at radius 1 is 0.429 bits per heavy atom. The van der Waals surface area contributed by atoms with Crippen LogP contribution in [0.5, 0.6) is 0 Å². The molecule has 3 aliphatic rings. The van der Waals surface area contributed by atoms with Crippen LogP contribution in [0.25, 0.3) is 0 Å². The summed E-state index contributed by atoms with van der Waals surface area (Å²) in [6.45, 7) is 12.6. The number of methoxy groups -OCH3 is 1. The van der Waals surface area contributed by atoms with Gasteiger partial charge < -0.3 is 106 Å². The monoisotopic (exact) mass is 1310 g/mol. The molecule has 0 saturated carbocycles. The molecule has 14 N–H and O–H groups in total. The molecule has 0 aliphatic carbocycles. The average molecular weight is 1310 g/mol. The molecule has 3 fully saturated rings. The quantitative estimate of drug-likeness (QED) is 0.0384. The van der Waals surface area contributed by atoms with E-state index in [1.54, 1.807) is 27.9 Å². The number of aliphatic hydroxyl groups excluding tert-OH is 9. The maximum absolute atomic E-state index is 14.3. The molecule has 17 atom stereocenters. The zero-order valence-electron chi connectivity index (χ0n) is 54.9. The molecule has 8 unspecified atom stereocenters. The van der Waals surface area contributed by atoms with Gasteiger partial charge in [0.05, 0.1) is 44.2 Å². The Labute approximate surface area is 540 Å². The van der Waals surface area contributed by atoms with Crippen LogP contribution < -0.4 is 26.6 Å². The van der Waals surface area contributed by atoms with E-state index in [4.69, 9.17) is 33.2 Å². The second-order valence-electron chi connectivity index (χ2n) is 24.9. The smallest absolute Gasteiger partial charge is 0.223 e. The first kappa shape index (κ1) is 85.4. The summed E-state index contributed by atoms with van der Waals surface area (Å²) in [6, 6.07) is -0.960. The van der Waals surface area contributed by atoms with Gasteiger partial charge in [0, 0.05) is 115 Å². The molecule has 3 heterocycles. The molecule has 534 valence electrons. The number of Topliss-reactive ketones (excluding diaryl/α,β-unsaturated/α-hetero) is 1. The molecule has 3 rings (SSSR count). The molecule has 3 saturated heterocycles. The Morgan fingerprint density at radius 2 is 0.769 bits per heavy atom. The van der Waals surface area contributed by atoms with E-state index in [9.17, 15) is 74.7 Å². The summed E-state index contributed by atoms with van der Waals surface area (Å²) in [4.78, 5) is 79.5. The van der Waals surface area contributed by atoms with E-state index in [1.165, 1.54) is 0 Å². The SMILES string of the molecule is C.CC(C)C.COCCCNC(=O)CCCCCNC(=O)C(CCCCNC(=O)CCCCO[C@@H]1OC(CO)[C@H](O)[C@H](O)C1C)CC(=O)C(CCCCNC(=O)CCCCO[C@@H]1OC(CO)[C@H](O)[C@H](O)C1C)NC(=O)CCCCO[C@@H]1OC(CO)[C@H](O)[C@H](O)C1C. The first-order valence-corrected chi connectivity index (χ1v) is 33.1. The van der Waals surface area contributed by atoms with Crippen LogP contribution in [-0.4, -0.2) is 241 Å². The van der Waals surface area contributed by atoms with Crippen LogP contribution in [0, 0.1) is 29.6 Å². The number of ketones is 1. The first-order valence-electron chi connectivity index (χ1n) is 33.1. The lowest BCUT2D eigenvalue weighted by molar-refractivity contribution is -0.282. The molecular weight excluding hydrogens is 1190 g/mol. The van der Waals surface area contributed by atoms with Crippen molar-refractivity contribution in [2.75, 3.05) is 79.5 Å². The van der Waals surface area contributed by atoms with Gasteiger partial charge in [-0.25, -0.2) is 0 Å². The second-order valence-corrected chi connectivity index (χ2v) is 24.9. The van der Waals surface area contributed by atoms with Crippen LogP contribution in [0.4, 0.5) is 0 Å². The highest BCUT2D eigenvalue weighted by molar-refractivity contribution is 5.92. The number of rotatable bonds is 46. The van der Waals surface area contributed by atoms with Gasteiger partial charge in [-0.2, -0.15) is 0 Å². The van der Waals surface area contributed by atoms with Crippen LogP contribution in [0.2, 0.25) is 0 Å². The minimum atomic E-state index is -1.27. The Bertz CT molecular complexity index is 1960. The zero-order valence-corrected chi connectivity index (χ0v) is 54.9. The number of hydrogen-bond acceptors (Lipinski definition) is 22. The number of hydrogen-bond donors (Lipinski definition) is 14. The Hall–Kier alpha value is -3.62. The topological polar surface area (TPSA) is 409 Å². The lowest BCUT2D eigenvalue weighted by atomic mass is 9.91. The van der Waals surface area contributed by atoms with E-state index in [0.717, 1.165) is 5.92 Å². The number of aliphatic hydroxyl groups is 9. The largest absolute Gasteiger partial charge is 0.394 e. The van der Waals surface area contributed by atoms with Gasteiger partial charge in [-0.15, -0.1) is 0 Å². The molecule has 27 nitrogen and oxygen atoms in total. The fourth-order valence-corrected chi connectivity index (χ4v) is 10.4. The van der Waals surface area contributed by atoms with Crippen molar-refractivity contribution < 1.29 is 108 Å². The lowest BCUT2D eigenvalue weighted by Gasteiger charge is -2.40. The molecule has 0 aromatic carbocycles. The molecule has 0 radical (unpaired) electrons. The van der Waals surface area contributed by atoms with E-state index >= 15 is 0 Å². The summed E-state index contributed by atoms with van der Waals surface area (Å²) in [6.07, 6.45) is -4.24. The fourth-order valence-electron chi connectivity index (χ4n) is 10.4. The van der Waals surface area contributed by atoms with Gasteiger partial charge in [0.25, 0.3) is 0 Å². The summed E-state index contributed by atoms with van der Waals surface area (Å²) >= 11 is 0. The van der Waals surface area contributed by atoms with Crippen molar-refractivity contribution in [3.8, 4) is 0 Å².